The van der Waals surface area contributed by atoms with Gasteiger partial charge in [0.25, 0.3) is 0 Å². The molecule has 0 heterocycles. The van der Waals surface area contributed by atoms with Crippen LogP contribution in [0, 0.1) is 6.07 Å². The van der Waals surface area contributed by atoms with E-state index in [1.54, 1.807) is 24.3 Å². The summed E-state index contributed by atoms with van der Waals surface area (Å²) in [6, 6.07) is 9.20. The largest absolute Gasteiger partial charge is 0.382 e. The molecule has 1 aliphatic carbocycles. The van der Waals surface area contributed by atoms with E-state index in [4.69, 9.17) is 4.18 Å². The van der Waals surface area contributed by atoms with Gasteiger partial charge in [0.1, 0.15) is 5.75 Å². The summed E-state index contributed by atoms with van der Waals surface area (Å²) in [6.07, 6.45) is 1.45. The minimum Gasteiger partial charge on any atom is -0.382 e. The molecular formula is C9H9O3S. The van der Waals surface area contributed by atoms with Crippen molar-refractivity contribution in [3.8, 4) is 5.75 Å². The first-order chi connectivity index (χ1) is 6.18. The van der Waals surface area contributed by atoms with Crippen molar-refractivity contribution in [1.29, 1.82) is 0 Å². The lowest BCUT2D eigenvalue weighted by Gasteiger charge is -2.04. The van der Waals surface area contributed by atoms with E-state index in [2.05, 4.69) is 6.07 Å². The Morgan fingerprint density at radius 2 is 1.92 bits per heavy atom. The molecule has 0 unspecified atom stereocenters. The zero-order chi connectivity index (χ0) is 9.31. The van der Waals surface area contributed by atoms with Crippen LogP contribution >= 0.6 is 0 Å². The second kappa shape index (κ2) is 3.03. The minimum absolute atomic E-state index is 0.281. The molecular weight excluding hydrogens is 188 g/mol. The van der Waals surface area contributed by atoms with Crippen LogP contribution < -0.4 is 4.18 Å². The summed E-state index contributed by atoms with van der Waals surface area (Å²) in [4.78, 5) is 0. The van der Waals surface area contributed by atoms with Crippen molar-refractivity contribution < 1.29 is 12.6 Å². The van der Waals surface area contributed by atoms with Crippen molar-refractivity contribution in [2.75, 3.05) is 0 Å². The van der Waals surface area contributed by atoms with Crippen LogP contribution in [0.1, 0.15) is 12.8 Å². The lowest BCUT2D eigenvalue weighted by Crippen LogP contribution is -2.14. The highest BCUT2D eigenvalue weighted by atomic mass is 32.2. The molecule has 1 aliphatic rings. The Bertz CT molecular complexity index is 379. The number of benzene rings is 1. The number of rotatable bonds is 3. The monoisotopic (exact) mass is 197 g/mol. The lowest BCUT2D eigenvalue weighted by atomic mass is 10.3. The van der Waals surface area contributed by atoms with Crippen molar-refractivity contribution in [3.63, 3.8) is 0 Å². The molecule has 2 rings (SSSR count). The van der Waals surface area contributed by atoms with Gasteiger partial charge in [0.2, 0.25) is 0 Å². The zero-order valence-electron chi connectivity index (χ0n) is 6.93. The molecule has 1 radical (unpaired) electrons. The molecule has 0 bridgehead atoms. The molecule has 13 heavy (non-hydrogen) atoms. The molecule has 0 aromatic heterocycles. The Labute approximate surface area is 77.5 Å². The Balaban J connectivity index is 2.14. The van der Waals surface area contributed by atoms with Crippen LogP contribution in [-0.2, 0) is 10.1 Å². The molecule has 1 saturated carbocycles. The zero-order valence-corrected chi connectivity index (χ0v) is 7.75. The van der Waals surface area contributed by atoms with Gasteiger partial charge in [-0.3, -0.25) is 0 Å². The Hall–Kier alpha value is -1.03. The highest BCUT2D eigenvalue weighted by molar-refractivity contribution is 7.88. The lowest BCUT2D eigenvalue weighted by molar-refractivity contribution is 0.484. The smallest absolute Gasteiger partial charge is 0.312 e. The van der Waals surface area contributed by atoms with E-state index in [1.165, 1.54) is 0 Å². The summed E-state index contributed by atoms with van der Waals surface area (Å²) in [5, 5.41) is -0.281. The second-order valence-corrected chi connectivity index (χ2v) is 4.83. The maximum absolute atomic E-state index is 11.3. The van der Waals surface area contributed by atoms with Crippen molar-refractivity contribution in [1.82, 2.24) is 0 Å². The molecule has 3 nitrogen and oxygen atoms in total. The Kier molecular flexibility index (Phi) is 2.00. The van der Waals surface area contributed by atoms with Gasteiger partial charge in [-0.15, -0.1) is 0 Å². The van der Waals surface area contributed by atoms with Gasteiger partial charge in [-0.25, -0.2) is 0 Å². The Morgan fingerprint density at radius 3 is 2.46 bits per heavy atom. The molecule has 0 aliphatic heterocycles. The molecule has 0 amide bonds. The fourth-order valence-electron chi connectivity index (χ4n) is 0.986. The fourth-order valence-corrected chi connectivity index (χ4v) is 2.21. The quantitative estimate of drug-likeness (QED) is 0.687. The molecule has 0 saturated heterocycles. The molecule has 1 aromatic rings. The summed E-state index contributed by atoms with van der Waals surface area (Å²) >= 11 is 0. The van der Waals surface area contributed by atoms with E-state index in [-0.39, 0.29) is 5.25 Å². The Morgan fingerprint density at radius 1 is 1.31 bits per heavy atom. The molecule has 1 aromatic carbocycles. The van der Waals surface area contributed by atoms with Gasteiger partial charge in [0.05, 0.1) is 5.25 Å². The highest BCUT2D eigenvalue weighted by Crippen LogP contribution is 2.30. The molecule has 1 fully saturated rings. The fraction of sp³-hybridized carbons (Fsp3) is 0.333. The predicted octanol–water partition coefficient (Wildman–Crippen LogP) is 1.36. The van der Waals surface area contributed by atoms with Crippen molar-refractivity contribution in [2.45, 2.75) is 18.1 Å². The third-order valence-corrected chi connectivity index (χ3v) is 3.55. The van der Waals surface area contributed by atoms with E-state index in [9.17, 15) is 8.42 Å². The summed E-state index contributed by atoms with van der Waals surface area (Å²) in [5.41, 5.74) is 0. The van der Waals surface area contributed by atoms with E-state index in [0.717, 1.165) is 12.8 Å². The molecule has 69 valence electrons. The average molecular weight is 197 g/mol. The van der Waals surface area contributed by atoms with Crippen LogP contribution in [-0.4, -0.2) is 13.7 Å². The van der Waals surface area contributed by atoms with Crippen LogP contribution in [0.25, 0.3) is 0 Å². The molecule has 4 heteroatoms. The molecule has 0 N–H and O–H groups in total. The first-order valence-electron chi connectivity index (χ1n) is 4.08. The third kappa shape index (κ3) is 2.01. The van der Waals surface area contributed by atoms with E-state index in [1.807, 2.05) is 0 Å². The molecule has 0 spiro atoms. The maximum atomic E-state index is 11.3. The van der Waals surface area contributed by atoms with Crippen molar-refractivity contribution in [2.24, 2.45) is 0 Å². The summed E-state index contributed by atoms with van der Waals surface area (Å²) in [7, 11) is -3.35. The van der Waals surface area contributed by atoms with Gasteiger partial charge in [0, 0.05) is 0 Å². The number of hydrogen-bond acceptors (Lipinski definition) is 3. The van der Waals surface area contributed by atoms with E-state index < -0.39 is 10.1 Å². The average Bonchev–Trinajstić information content (AvgIpc) is 2.87. The first kappa shape index (κ1) is 8.56. The predicted molar refractivity (Wildman–Crippen MR) is 47.8 cm³/mol. The second-order valence-electron chi connectivity index (χ2n) is 3.01. The molecule has 0 atom stereocenters. The van der Waals surface area contributed by atoms with Crippen molar-refractivity contribution >= 4 is 10.1 Å². The van der Waals surface area contributed by atoms with E-state index in [0.29, 0.717) is 5.75 Å². The van der Waals surface area contributed by atoms with E-state index >= 15 is 0 Å². The van der Waals surface area contributed by atoms with Crippen LogP contribution in [0.5, 0.6) is 5.75 Å². The van der Waals surface area contributed by atoms with Crippen LogP contribution in [0.3, 0.4) is 0 Å². The highest BCUT2D eigenvalue weighted by Gasteiger charge is 2.37. The number of hydrogen-bond donors (Lipinski definition) is 0. The van der Waals surface area contributed by atoms with Crippen LogP contribution in [0.4, 0.5) is 0 Å². The summed E-state index contributed by atoms with van der Waals surface area (Å²) < 4.78 is 27.5. The summed E-state index contributed by atoms with van der Waals surface area (Å²) in [5.74, 6) is 0.366. The minimum atomic E-state index is -3.35. The first-order valence-corrected chi connectivity index (χ1v) is 5.55. The topological polar surface area (TPSA) is 43.4 Å². The SMILES string of the molecule is O=S(=O)(Oc1cc[c]cc1)C1CC1. The van der Waals surface area contributed by atoms with Gasteiger partial charge in [-0.1, -0.05) is 12.1 Å². The van der Waals surface area contributed by atoms with Gasteiger partial charge < -0.3 is 4.18 Å². The normalized spacial score (nSPS) is 16.9. The van der Waals surface area contributed by atoms with Gasteiger partial charge in [-0.05, 0) is 31.0 Å². The van der Waals surface area contributed by atoms with Gasteiger partial charge >= 0.3 is 10.1 Å². The van der Waals surface area contributed by atoms with Crippen LogP contribution in [0.2, 0.25) is 0 Å². The third-order valence-electron chi connectivity index (χ3n) is 1.83. The van der Waals surface area contributed by atoms with Crippen molar-refractivity contribution in [3.05, 3.63) is 30.3 Å². The standard InChI is InChI=1S/C9H9O3S/c10-13(11,9-6-7-9)12-8-4-2-1-3-5-8/h2-5,9H,6-7H2. The van der Waals surface area contributed by atoms with Gasteiger partial charge in [0.15, 0.2) is 0 Å². The van der Waals surface area contributed by atoms with Crippen LogP contribution in [0.15, 0.2) is 24.3 Å². The van der Waals surface area contributed by atoms with Gasteiger partial charge in [-0.2, -0.15) is 8.42 Å². The summed E-state index contributed by atoms with van der Waals surface area (Å²) in [6.45, 7) is 0. The maximum Gasteiger partial charge on any atom is 0.312 e.